The first kappa shape index (κ1) is 15.1. The summed E-state index contributed by atoms with van der Waals surface area (Å²) in [7, 11) is -1.82. The molecule has 0 aliphatic carbocycles. The van der Waals surface area contributed by atoms with E-state index in [0.29, 0.717) is 24.6 Å². The van der Waals surface area contributed by atoms with E-state index in [0.717, 1.165) is 12.8 Å². The molecular weight excluding hydrogens is 250 g/mol. The van der Waals surface area contributed by atoms with Gasteiger partial charge in [-0.25, -0.2) is 8.42 Å². The molecule has 18 heavy (non-hydrogen) atoms. The minimum absolute atomic E-state index is 0.345. The van der Waals surface area contributed by atoms with Crippen LogP contribution in [-0.4, -0.2) is 39.5 Å². The van der Waals surface area contributed by atoms with Crippen LogP contribution in [0.2, 0.25) is 0 Å². The Kier molecular flexibility index (Phi) is 6.32. The first-order valence-electron chi connectivity index (χ1n) is 6.17. The van der Waals surface area contributed by atoms with Gasteiger partial charge in [0.2, 0.25) is 10.0 Å². The van der Waals surface area contributed by atoms with Crippen LogP contribution < -0.4 is 0 Å². The van der Waals surface area contributed by atoms with Crippen molar-refractivity contribution in [2.45, 2.75) is 24.7 Å². The molecule has 0 saturated heterocycles. The molecule has 0 aliphatic heterocycles. The Morgan fingerprint density at radius 2 is 1.83 bits per heavy atom. The molecule has 5 heteroatoms. The van der Waals surface area contributed by atoms with Crippen LogP contribution in [0.1, 0.15) is 19.8 Å². The van der Waals surface area contributed by atoms with E-state index in [2.05, 4.69) is 0 Å². The molecule has 0 amide bonds. The molecule has 0 unspecified atom stereocenters. The lowest BCUT2D eigenvalue weighted by molar-refractivity contribution is 0.178. The maximum Gasteiger partial charge on any atom is 0.243 e. The van der Waals surface area contributed by atoms with E-state index in [4.69, 9.17) is 4.74 Å². The summed E-state index contributed by atoms with van der Waals surface area (Å²) in [4.78, 5) is 0.345. The number of sulfonamides is 1. The van der Waals surface area contributed by atoms with Gasteiger partial charge in [0.15, 0.2) is 0 Å². The zero-order valence-electron chi connectivity index (χ0n) is 11.0. The number of methoxy groups -OCH3 is 1. The number of nitrogens with zero attached hydrogens (tertiary/aromatic N) is 1. The van der Waals surface area contributed by atoms with Crippen LogP contribution >= 0.6 is 0 Å². The van der Waals surface area contributed by atoms with Crippen molar-refractivity contribution in [3.05, 3.63) is 30.3 Å². The molecule has 0 fully saturated rings. The highest BCUT2D eigenvalue weighted by Crippen LogP contribution is 2.15. The predicted molar refractivity (Wildman–Crippen MR) is 72.0 cm³/mol. The van der Waals surface area contributed by atoms with Crippen molar-refractivity contribution in [1.82, 2.24) is 4.31 Å². The lowest BCUT2D eigenvalue weighted by atomic mass is 10.3. The van der Waals surface area contributed by atoms with Crippen molar-refractivity contribution in [2.24, 2.45) is 0 Å². The van der Waals surface area contributed by atoms with Crippen molar-refractivity contribution in [2.75, 3.05) is 26.8 Å². The Morgan fingerprint density at radius 3 is 2.39 bits per heavy atom. The Labute approximate surface area is 110 Å². The standard InChI is InChI=1S/C13H21NO3S/c1-3-4-10-14(11-12-17-2)18(15,16)13-8-6-5-7-9-13/h5-9H,3-4,10-12H2,1-2H3. The number of ether oxygens (including phenoxy) is 1. The van der Waals surface area contributed by atoms with Crippen molar-refractivity contribution >= 4 is 10.0 Å². The second kappa shape index (κ2) is 7.51. The third-order valence-corrected chi connectivity index (χ3v) is 4.60. The fourth-order valence-corrected chi connectivity index (χ4v) is 3.10. The van der Waals surface area contributed by atoms with Gasteiger partial charge in [0, 0.05) is 20.2 Å². The number of unbranched alkanes of at least 4 members (excludes halogenated alkanes) is 1. The molecule has 0 bridgehead atoms. The molecule has 0 aromatic heterocycles. The Balaban J connectivity index is 2.88. The summed E-state index contributed by atoms with van der Waals surface area (Å²) >= 11 is 0. The summed E-state index contributed by atoms with van der Waals surface area (Å²) in [6, 6.07) is 8.54. The van der Waals surface area contributed by atoms with Crippen LogP contribution in [0.4, 0.5) is 0 Å². The van der Waals surface area contributed by atoms with Gasteiger partial charge in [-0.2, -0.15) is 4.31 Å². The van der Waals surface area contributed by atoms with Crippen LogP contribution in [0.25, 0.3) is 0 Å². The van der Waals surface area contributed by atoms with E-state index in [1.165, 1.54) is 4.31 Å². The van der Waals surface area contributed by atoms with Gasteiger partial charge < -0.3 is 4.74 Å². The SMILES string of the molecule is CCCCN(CCOC)S(=O)(=O)c1ccccc1. The van der Waals surface area contributed by atoms with Gasteiger partial charge in [-0.05, 0) is 18.6 Å². The number of hydrogen-bond acceptors (Lipinski definition) is 3. The van der Waals surface area contributed by atoms with Gasteiger partial charge in [0.05, 0.1) is 11.5 Å². The molecule has 0 aliphatic rings. The summed E-state index contributed by atoms with van der Waals surface area (Å²) in [5.74, 6) is 0. The largest absolute Gasteiger partial charge is 0.383 e. The predicted octanol–water partition coefficient (Wildman–Crippen LogP) is 2.12. The summed E-state index contributed by atoms with van der Waals surface area (Å²) in [5, 5.41) is 0. The number of hydrogen-bond donors (Lipinski definition) is 0. The van der Waals surface area contributed by atoms with Crippen LogP contribution in [0.15, 0.2) is 35.2 Å². The molecule has 0 radical (unpaired) electrons. The fourth-order valence-electron chi connectivity index (χ4n) is 1.62. The smallest absolute Gasteiger partial charge is 0.243 e. The van der Waals surface area contributed by atoms with Crippen LogP contribution in [-0.2, 0) is 14.8 Å². The molecule has 1 rings (SSSR count). The summed E-state index contributed by atoms with van der Waals surface area (Å²) in [6.45, 7) is 3.39. The van der Waals surface area contributed by atoms with E-state index < -0.39 is 10.0 Å². The van der Waals surface area contributed by atoms with E-state index >= 15 is 0 Å². The molecule has 0 atom stereocenters. The molecule has 102 valence electrons. The first-order chi connectivity index (χ1) is 8.62. The lowest BCUT2D eigenvalue weighted by Crippen LogP contribution is -2.34. The Bertz CT molecular complexity index is 423. The molecule has 1 aromatic carbocycles. The molecule has 0 spiro atoms. The third kappa shape index (κ3) is 4.08. The molecule has 0 saturated carbocycles. The van der Waals surface area contributed by atoms with Gasteiger partial charge >= 0.3 is 0 Å². The second-order valence-corrected chi connectivity index (χ2v) is 6.00. The van der Waals surface area contributed by atoms with E-state index in [1.807, 2.05) is 13.0 Å². The van der Waals surface area contributed by atoms with Gasteiger partial charge in [0.25, 0.3) is 0 Å². The second-order valence-electron chi connectivity index (χ2n) is 4.06. The molecular formula is C13H21NO3S. The highest BCUT2D eigenvalue weighted by Gasteiger charge is 2.23. The van der Waals surface area contributed by atoms with Gasteiger partial charge in [-0.1, -0.05) is 31.5 Å². The van der Waals surface area contributed by atoms with Crippen LogP contribution in [0.3, 0.4) is 0 Å². The average Bonchev–Trinajstić information content (AvgIpc) is 2.39. The first-order valence-corrected chi connectivity index (χ1v) is 7.61. The quantitative estimate of drug-likeness (QED) is 0.727. The monoisotopic (exact) mass is 271 g/mol. The van der Waals surface area contributed by atoms with Crippen LogP contribution in [0, 0.1) is 0 Å². The lowest BCUT2D eigenvalue weighted by Gasteiger charge is -2.21. The molecule has 0 heterocycles. The maximum absolute atomic E-state index is 12.4. The average molecular weight is 271 g/mol. The van der Waals surface area contributed by atoms with Crippen molar-refractivity contribution < 1.29 is 13.2 Å². The Hall–Kier alpha value is -0.910. The van der Waals surface area contributed by atoms with Gasteiger partial charge in [0.1, 0.15) is 0 Å². The van der Waals surface area contributed by atoms with Crippen LogP contribution in [0.5, 0.6) is 0 Å². The summed E-state index contributed by atoms with van der Waals surface area (Å²) < 4.78 is 31.3. The van der Waals surface area contributed by atoms with Crippen molar-refractivity contribution in [1.29, 1.82) is 0 Å². The van der Waals surface area contributed by atoms with E-state index in [9.17, 15) is 8.42 Å². The normalized spacial score (nSPS) is 11.9. The van der Waals surface area contributed by atoms with Crippen molar-refractivity contribution in [3.8, 4) is 0 Å². The zero-order valence-corrected chi connectivity index (χ0v) is 11.8. The maximum atomic E-state index is 12.4. The molecule has 1 aromatic rings. The summed E-state index contributed by atoms with van der Waals surface area (Å²) in [5.41, 5.74) is 0. The zero-order chi connectivity index (χ0) is 13.4. The Morgan fingerprint density at radius 1 is 1.17 bits per heavy atom. The van der Waals surface area contributed by atoms with Gasteiger partial charge in [-0.15, -0.1) is 0 Å². The van der Waals surface area contributed by atoms with Gasteiger partial charge in [-0.3, -0.25) is 0 Å². The minimum atomic E-state index is -3.39. The number of benzene rings is 1. The highest BCUT2D eigenvalue weighted by molar-refractivity contribution is 7.89. The molecule has 0 N–H and O–H groups in total. The fraction of sp³-hybridized carbons (Fsp3) is 0.538. The van der Waals surface area contributed by atoms with E-state index in [1.54, 1.807) is 31.4 Å². The van der Waals surface area contributed by atoms with Crippen molar-refractivity contribution in [3.63, 3.8) is 0 Å². The topological polar surface area (TPSA) is 46.6 Å². The number of rotatable bonds is 8. The van der Waals surface area contributed by atoms with E-state index in [-0.39, 0.29) is 0 Å². The summed E-state index contributed by atoms with van der Waals surface area (Å²) in [6.07, 6.45) is 1.82. The molecule has 4 nitrogen and oxygen atoms in total. The minimum Gasteiger partial charge on any atom is -0.383 e. The highest BCUT2D eigenvalue weighted by atomic mass is 32.2. The third-order valence-electron chi connectivity index (χ3n) is 2.69.